The number of aromatic amines is 2. The Hall–Kier alpha value is -2.76. The molecule has 1 atom stereocenters. The van der Waals surface area contributed by atoms with Crippen LogP contribution < -0.4 is 11.2 Å². The first kappa shape index (κ1) is 19.6. The lowest BCUT2D eigenvalue weighted by molar-refractivity contribution is 0.262. The smallest absolute Gasteiger partial charge is 0.311 e. The van der Waals surface area contributed by atoms with Gasteiger partial charge in [0.1, 0.15) is 0 Å². The quantitative estimate of drug-likeness (QED) is 0.805. The van der Waals surface area contributed by atoms with E-state index in [-0.39, 0.29) is 12.3 Å². The molecule has 152 valence electrons. The van der Waals surface area contributed by atoms with E-state index in [0.29, 0.717) is 28.7 Å². The number of halogens is 2. The van der Waals surface area contributed by atoms with Crippen LogP contribution in [0, 0.1) is 23.5 Å². The molecule has 2 aliphatic rings. The Bertz CT molecular complexity index is 1060. The molecule has 1 aromatic heterocycles. The lowest BCUT2D eigenvalue weighted by Crippen LogP contribution is -2.31. The molecule has 2 aliphatic carbocycles. The molecule has 1 unspecified atom stereocenters. The maximum absolute atomic E-state index is 13.6. The number of allylic oxidation sites excluding steroid dienone is 4. The van der Waals surface area contributed by atoms with Crippen molar-refractivity contribution in [1.82, 2.24) is 9.97 Å². The predicted octanol–water partition coefficient (Wildman–Crippen LogP) is 4.34. The molecule has 29 heavy (non-hydrogen) atoms. The molecule has 1 heterocycles. The average molecular weight is 398 g/mol. The standard InChI is InChI=1S/C23H24F2N2O2/c24-19-11-6-14(13-20(19)25)12-18-21(26-23(29)27-22(18)28)17-9-7-16(8-10-17)15-4-2-1-3-5-15/h1-4,6,11,13,15-17H,5,7-10,12H2,(H2,26,27,28,29)/t15?,16-,17-. The molecular formula is C23H24F2N2O2. The van der Waals surface area contributed by atoms with Crippen molar-refractivity contribution in [1.29, 1.82) is 0 Å². The highest BCUT2D eigenvalue weighted by Gasteiger charge is 2.29. The van der Waals surface area contributed by atoms with E-state index in [2.05, 4.69) is 34.3 Å². The number of nitrogens with one attached hydrogen (secondary N) is 2. The summed E-state index contributed by atoms with van der Waals surface area (Å²) in [6.07, 6.45) is 13.7. The van der Waals surface area contributed by atoms with Gasteiger partial charge in [-0.05, 0) is 67.6 Å². The first-order valence-electron chi connectivity index (χ1n) is 10.1. The summed E-state index contributed by atoms with van der Waals surface area (Å²) in [5, 5.41) is 0. The molecule has 1 aromatic carbocycles. The monoisotopic (exact) mass is 398 g/mol. The lowest BCUT2D eigenvalue weighted by Gasteiger charge is -2.33. The Balaban J connectivity index is 1.56. The Morgan fingerprint density at radius 1 is 0.966 bits per heavy atom. The van der Waals surface area contributed by atoms with Gasteiger partial charge in [-0.2, -0.15) is 0 Å². The summed E-state index contributed by atoms with van der Waals surface area (Å²) in [6.45, 7) is 0. The fraction of sp³-hybridized carbons (Fsp3) is 0.391. The molecule has 6 heteroatoms. The summed E-state index contributed by atoms with van der Waals surface area (Å²) < 4.78 is 26.8. The fourth-order valence-electron chi connectivity index (χ4n) is 4.69. The molecule has 1 saturated carbocycles. The summed E-state index contributed by atoms with van der Waals surface area (Å²) in [7, 11) is 0. The third-order valence-corrected chi connectivity index (χ3v) is 6.24. The van der Waals surface area contributed by atoms with E-state index in [0.717, 1.165) is 44.2 Å². The molecule has 0 spiro atoms. The van der Waals surface area contributed by atoms with Crippen LogP contribution in [-0.4, -0.2) is 9.97 Å². The van der Waals surface area contributed by atoms with Gasteiger partial charge in [-0.3, -0.25) is 9.78 Å². The normalized spacial score (nSPS) is 24.0. The van der Waals surface area contributed by atoms with E-state index in [1.807, 2.05) is 0 Å². The van der Waals surface area contributed by atoms with Crippen molar-refractivity contribution in [3.63, 3.8) is 0 Å². The minimum atomic E-state index is -0.944. The van der Waals surface area contributed by atoms with Gasteiger partial charge in [0.05, 0.1) is 0 Å². The van der Waals surface area contributed by atoms with E-state index >= 15 is 0 Å². The summed E-state index contributed by atoms with van der Waals surface area (Å²) in [5.41, 5.74) is 0.577. The average Bonchev–Trinajstić information content (AvgIpc) is 2.73. The molecule has 4 rings (SSSR count). The number of H-pyrrole nitrogens is 2. The van der Waals surface area contributed by atoms with Gasteiger partial charge in [0.25, 0.3) is 5.56 Å². The van der Waals surface area contributed by atoms with Crippen LogP contribution in [0.3, 0.4) is 0 Å². The zero-order chi connectivity index (χ0) is 20.4. The summed E-state index contributed by atoms with van der Waals surface area (Å²) in [5.74, 6) is -0.615. The third kappa shape index (κ3) is 4.31. The molecule has 0 bridgehead atoms. The number of aromatic nitrogens is 2. The predicted molar refractivity (Wildman–Crippen MR) is 108 cm³/mol. The highest BCUT2D eigenvalue weighted by atomic mass is 19.2. The zero-order valence-corrected chi connectivity index (χ0v) is 16.1. The summed E-state index contributed by atoms with van der Waals surface area (Å²) >= 11 is 0. The number of hydrogen-bond acceptors (Lipinski definition) is 2. The topological polar surface area (TPSA) is 65.7 Å². The van der Waals surface area contributed by atoms with E-state index in [4.69, 9.17) is 0 Å². The van der Waals surface area contributed by atoms with Crippen molar-refractivity contribution in [3.05, 3.63) is 91.8 Å². The molecule has 2 aromatic rings. The molecule has 0 saturated heterocycles. The van der Waals surface area contributed by atoms with Gasteiger partial charge in [-0.1, -0.05) is 30.4 Å². The second-order valence-electron chi connectivity index (χ2n) is 8.05. The molecular weight excluding hydrogens is 374 g/mol. The molecule has 4 nitrogen and oxygen atoms in total. The van der Waals surface area contributed by atoms with Crippen LogP contribution in [0.1, 0.15) is 54.8 Å². The van der Waals surface area contributed by atoms with E-state index < -0.39 is 22.9 Å². The van der Waals surface area contributed by atoms with Gasteiger partial charge in [-0.25, -0.2) is 13.6 Å². The minimum Gasteiger partial charge on any atom is -0.311 e. The highest BCUT2D eigenvalue weighted by molar-refractivity contribution is 5.30. The molecule has 0 amide bonds. The highest BCUT2D eigenvalue weighted by Crippen LogP contribution is 2.40. The van der Waals surface area contributed by atoms with Crippen LogP contribution >= 0.6 is 0 Å². The Labute approximate surface area is 167 Å². The Morgan fingerprint density at radius 2 is 1.76 bits per heavy atom. The largest absolute Gasteiger partial charge is 0.325 e. The lowest BCUT2D eigenvalue weighted by atomic mass is 9.72. The van der Waals surface area contributed by atoms with Crippen molar-refractivity contribution in [2.75, 3.05) is 0 Å². The molecule has 0 radical (unpaired) electrons. The number of rotatable bonds is 4. The van der Waals surface area contributed by atoms with Gasteiger partial charge in [0.15, 0.2) is 11.6 Å². The number of hydrogen-bond donors (Lipinski definition) is 2. The Kier molecular flexibility index (Phi) is 5.60. The second kappa shape index (κ2) is 8.31. The van der Waals surface area contributed by atoms with Crippen LogP contribution in [-0.2, 0) is 6.42 Å². The van der Waals surface area contributed by atoms with Crippen molar-refractivity contribution in [2.45, 2.75) is 44.4 Å². The minimum absolute atomic E-state index is 0.0876. The van der Waals surface area contributed by atoms with E-state index in [9.17, 15) is 18.4 Å². The van der Waals surface area contributed by atoms with Crippen LogP contribution in [0.15, 0.2) is 52.1 Å². The van der Waals surface area contributed by atoms with E-state index in [1.165, 1.54) is 6.07 Å². The summed E-state index contributed by atoms with van der Waals surface area (Å²) in [6, 6.07) is 3.62. The van der Waals surface area contributed by atoms with Crippen LogP contribution in [0.2, 0.25) is 0 Å². The van der Waals surface area contributed by atoms with Crippen molar-refractivity contribution < 1.29 is 8.78 Å². The maximum Gasteiger partial charge on any atom is 0.325 e. The zero-order valence-electron chi connectivity index (χ0n) is 16.1. The first-order valence-corrected chi connectivity index (χ1v) is 10.1. The van der Waals surface area contributed by atoms with Crippen LogP contribution in [0.25, 0.3) is 0 Å². The van der Waals surface area contributed by atoms with Gasteiger partial charge in [0, 0.05) is 17.7 Å². The molecule has 2 N–H and O–H groups in total. The second-order valence-corrected chi connectivity index (χ2v) is 8.05. The van der Waals surface area contributed by atoms with Gasteiger partial charge < -0.3 is 4.98 Å². The molecule has 1 fully saturated rings. The third-order valence-electron chi connectivity index (χ3n) is 6.24. The van der Waals surface area contributed by atoms with Gasteiger partial charge in [0.2, 0.25) is 0 Å². The summed E-state index contributed by atoms with van der Waals surface area (Å²) in [4.78, 5) is 29.5. The SMILES string of the molecule is O=c1[nH]c(=O)c(Cc2ccc(F)c(F)c2)c([C@H]2CC[C@H](C3C=CC=CC3)CC2)[nH]1. The van der Waals surface area contributed by atoms with E-state index in [1.54, 1.807) is 0 Å². The van der Waals surface area contributed by atoms with Crippen LogP contribution in [0.4, 0.5) is 8.78 Å². The van der Waals surface area contributed by atoms with Crippen molar-refractivity contribution in [3.8, 4) is 0 Å². The maximum atomic E-state index is 13.6. The molecule has 0 aliphatic heterocycles. The van der Waals surface area contributed by atoms with Gasteiger partial charge >= 0.3 is 5.69 Å². The fourth-order valence-corrected chi connectivity index (χ4v) is 4.69. The number of benzene rings is 1. The van der Waals surface area contributed by atoms with Crippen molar-refractivity contribution >= 4 is 0 Å². The first-order chi connectivity index (χ1) is 14.0. The van der Waals surface area contributed by atoms with Crippen molar-refractivity contribution in [2.24, 2.45) is 11.8 Å². The van der Waals surface area contributed by atoms with Crippen LogP contribution in [0.5, 0.6) is 0 Å². The Morgan fingerprint density at radius 3 is 2.45 bits per heavy atom. The van der Waals surface area contributed by atoms with Gasteiger partial charge in [-0.15, -0.1) is 0 Å².